The average molecular weight is 155 g/mol. The fraction of sp³-hybridized carbons (Fsp3) is 1.00. The number of hydrogen-bond acceptors (Lipinski definition) is 0. The Kier molecular flexibility index (Phi) is 3.14. The van der Waals surface area contributed by atoms with Crippen LogP contribution in [0.3, 0.4) is 0 Å². The molecule has 0 saturated heterocycles. The van der Waals surface area contributed by atoms with Gasteiger partial charge in [-0.2, -0.15) is 0 Å². The van der Waals surface area contributed by atoms with Crippen LogP contribution in [-0.4, -0.2) is 4.33 Å². The van der Waals surface area contributed by atoms with Crippen molar-refractivity contribution in [2.75, 3.05) is 0 Å². The standard InChI is InChI=1S/C6H12Cl2/c1-4-6(7,8)5(2)3/h5H,4H2,1-3H3. The monoisotopic (exact) mass is 154 g/mol. The first kappa shape index (κ1) is 8.58. The van der Waals surface area contributed by atoms with Crippen LogP contribution in [0.2, 0.25) is 0 Å². The SMILES string of the molecule is CCC(Cl)(Cl)C(C)C. The molecule has 0 N–H and O–H groups in total. The molecule has 0 unspecified atom stereocenters. The van der Waals surface area contributed by atoms with Gasteiger partial charge in [-0.3, -0.25) is 0 Å². The van der Waals surface area contributed by atoms with Crippen LogP contribution >= 0.6 is 23.2 Å². The van der Waals surface area contributed by atoms with Gasteiger partial charge in [-0.25, -0.2) is 0 Å². The van der Waals surface area contributed by atoms with Gasteiger partial charge >= 0.3 is 0 Å². The van der Waals surface area contributed by atoms with Crippen molar-refractivity contribution in [3.63, 3.8) is 0 Å². The van der Waals surface area contributed by atoms with Crippen LogP contribution in [0.25, 0.3) is 0 Å². The smallest absolute Gasteiger partial charge is 0.101 e. The molecule has 0 fully saturated rings. The Morgan fingerprint density at radius 1 is 1.38 bits per heavy atom. The lowest BCUT2D eigenvalue weighted by Crippen LogP contribution is -2.18. The summed E-state index contributed by atoms with van der Waals surface area (Å²) in [4.78, 5) is 0. The van der Waals surface area contributed by atoms with Crippen molar-refractivity contribution in [2.45, 2.75) is 31.5 Å². The quantitative estimate of drug-likeness (QED) is 0.537. The topological polar surface area (TPSA) is 0 Å². The van der Waals surface area contributed by atoms with Gasteiger partial charge in [0.05, 0.1) is 0 Å². The van der Waals surface area contributed by atoms with Crippen LogP contribution in [-0.2, 0) is 0 Å². The summed E-state index contributed by atoms with van der Waals surface area (Å²) in [6.07, 6.45) is 0.813. The van der Waals surface area contributed by atoms with Crippen LogP contribution in [0.1, 0.15) is 27.2 Å². The highest BCUT2D eigenvalue weighted by Gasteiger charge is 2.24. The van der Waals surface area contributed by atoms with E-state index in [9.17, 15) is 0 Å². The van der Waals surface area contributed by atoms with E-state index < -0.39 is 4.33 Å². The molecule has 0 atom stereocenters. The molecule has 2 heteroatoms. The Morgan fingerprint density at radius 2 is 1.75 bits per heavy atom. The third-order valence-electron chi connectivity index (χ3n) is 1.32. The van der Waals surface area contributed by atoms with Gasteiger partial charge < -0.3 is 0 Å². The predicted octanol–water partition coefficient (Wildman–Crippen LogP) is 3.23. The lowest BCUT2D eigenvalue weighted by atomic mass is 10.1. The van der Waals surface area contributed by atoms with Crippen molar-refractivity contribution in [2.24, 2.45) is 5.92 Å². The number of hydrogen-bond donors (Lipinski definition) is 0. The zero-order chi connectivity index (χ0) is 6.78. The summed E-state index contributed by atoms with van der Waals surface area (Å²) in [5.74, 6) is 0.343. The van der Waals surface area contributed by atoms with Crippen LogP contribution < -0.4 is 0 Å². The second kappa shape index (κ2) is 2.93. The third kappa shape index (κ3) is 2.23. The minimum absolute atomic E-state index is 0.343. The van der Waals surface area contributed by atoms with Gasteiger partial charge in [-0.05, 0) is 12.3 Å². The van der Waals surface area contributed by atoms with Crippen LogP contribution in [0.15, 0.2) is 0 Å². The molecule has 0 radical (unpaired) electrons. The molecule has 0 spiro atoms. The summed E-state index contributed by atoms with van der Waals surface area (Å²) < 4.78 is -0.514. The molecule has 0 aliphatic carbocycles. The van der Waals surface area contributed by atoms with Crippen molar-refractivity contribution in [1.29, 1.82) is 0 Å². The first-order chi connectivity index (χ1) is 3.50. The Balaban J connectivity index is 3.71. The van der Waals surface area contributed by atoms with Gasteiger partial charge in [0.25, 0.3) is 0 Å². The highest BCUT2D eigenvalue weighted by molar-refractivity contribution is 6.48. The van der Waals surface area contributed by atoms with Gasteiger partial charge in [0.1, 0.15) is 4.33 Å². The highest BCUT2D eigenvalue weighted by Crippen LogP contribution is 2.32. The third-order valence-corrected chi connectivity index (χ3v) is 2.72. The first-order valence-corrected chi connectivity index (χ1v) is 3.64. The van der Waals surface area contributed by atoms with Gasteiger partial charge in [-0.15, -0.1) is 23.2 Å². The fourth-order valence-electron chi connectivity index (χ4n) is 0.408. The lowest BCUT2D eigenvalue weighted by molar-refractivity contribution is 0.536. The molecule has 0 aromatic heterocycles. The summed E-state index contributed by atoms with van der Waals surface area (Å²) in [6, 6.07) is 0. The molecular weight excluding hydrogens is 143 g/mol. The van der Waals surface area contributed by atoms with E-state index in [0.717, 1.165) is 6.42 Å². The molecule has 0 aromatic rings. The number of alkyl halides is 2. The van der Waals surface area contributed by atoms with Gasteiger partial charge in [-0.1, -0.05) is 20.8 Å². The number of rotatable bonds is 2. The minimum Gasteiger partial charge on any atom is -0.101 e. The van der Waals surface area contributed by atoms with E-state index in [-0.39, 0.29) is 0 Å². The molecule has 0 aliphatic rings. The molecular formula is C6H12Cl2. The maximum Gasteiger partial charge on any atom is 0.120 e. The fourth-order valence-corrected chi connectivity index (χ4v) is 0.408. The molecule has 0 rings (SSSR count). The molecule has 0 nitrogen and oxygen atoms in total. The van der Waals surface area contributed by atoms with Gasteiger partial charge in [0.2, 0.25) is 0 Å². The molecule has 0 amide bonds. The molecule has 0 saturated carbocycles. The van der Waals surface area contributed by atoms with Crippen LogP contribution in [0.4, 0.5) is 0 Å². The molecule has 0 bridgehead atoms. The predicted molar refractivity (Wildman–Crippen MR) is 39.6 cm³/mol. The molecule has 0 aromatic carbocycles. The molecule has 0 heterocycles. The van der Waals surface area contributed by atoms with E-state index in [1.807, 2.05) is 20.8 Å². The average Bonchev–Trinajstić information content (AvgIpc) is 1.67. The van der Waals surface area contributed by atoms with E-state index in [1.165, 1.54) is 0 Å². The Hall–Kier alpha value is 0.580. The normalized spacial score (nSPS) is 12.8. The van der Waals surface area contributed by atoms with E-state index >= 15 is 0 Å². The van der Waals surface area contributed by atoms with Gasteiger partial charge in [0.15, 0.2) is 0 Å². The maximum atomic E-state index is 5.82. The van der Waals surface area contributed by atoms with Crippen molar-refractivity contribution < 1.29 is 0 Å². The largest absolute Gasteiger partial charge is 0.120 e. The minimum atomic E-state index is -0.514. The zero-order valence-electron chi connectivity index (χ0n) is 5.54. The van der Waals surface area contributed by atoms with Crippen molar-refractivity contribution in [1.82, 2.24) is 0 Å². The summed E-state index contributed by atoms with van der Waals surface area (Å²) in [7, 11) is 0. The molecule has 8 heavy (non-hydrogen) atoms. The van der Waals surface area contributed by atoms with Crippen molar-refractivity contribution in [3.05, 3.63) is 0 Å². The van der Waals surface area contributed by atoms with E-state index in [1.54, 1.807) is 0 Å². The molecule has 0 aliphatic heterocycles. The molecule has 50 valence electrons. The summed E-state index contributed by atoms with van der Waals surface area (Å²) >= 11 is 11.6. The second-order valence-electron chi connectivity index (χ2n) is 2.27. The Morgan fingerprint density at radius 3 is 1.75 bits per heavy atom. The Bertz CT molecular complexity index is 66.9. The number of halogens is 2. The van der Waals surface area contributed by atoms with Crippen LogP contribution in [0, 0.1) is 5.92 Å². The van der Waals surface area contributed by atoms with Crippen molar-refractivity contribution in [3.8, 4) is 0 Å². The highest BCUT2D eigenvalue weighted by atomic mass is 35.5. The van der Waals surface area contributed by atoms with Crippen LogP contribution in [0.5, 0.6) is 0 Å². The summed E-state index contributed by atoms with van der Waals surface area (Å²) in [5, 5.41) is 0. The van der Waals surface area contributed by atoms with Crippen molar-refractivity contribution >= 4 is 23.2 Å². The Labute approximate surface area is 61.2 Å². The summed E-state index contributed by atoms with van der Waals surface area (Å²) in [6.45, 7) is 6.02. The lowest BCUT2D eigenvalue weighted by Gasteiger charge is -2.20. The van der Waals surface area contributed by atoms with Gasteiger partial charge in [0, 0.05) is 0 Å². The van der Waals surface area contributed by atoms with E-state index in [2.05, 4.69) is 0 Å². The van der Waals surface area contributed by atoms with E-state index in [0.29, 0.717) is 5.92 Å². The first-order valence-electron chi connectivity index (χ1n) is 2.88. The second-order valence-corrected chi connectivity index (χ2v) is 3.81. The zero-order valence-corrected chi connectivity index (χ0v) is 7.05. The maximum absolute atomic E-state index is 5.82. The summed E-state index contributed by atoms with van der Waals surface area (Å²) in [5.41, 5.74) is 0. The van der Waals surface area contributed by atoms with E-state index in [4.69, 9.17) is 23.2 Å².